The van der Waals surface area contributed by atoms with Crippen molar-refractivity contribution in [2.75, 3.05) is 0 Å². The lowest BCUT2D eigenvalue weighted by Gasteiger charge is -2.10. The lowest BCUT2D eigenvalue weighted by atomic mass is 9.99. The van der Waals surface area contributed by atoms with Gasteiger partial charge in [-0.05, 0) is 63.7 Å². The molecule has 0 unspecified atom stereocenters. The number of rotatable bonds is 3. The van der Waals surface area contributed by atoms with E-state index in [1.54, 1.807) is 0 Å². The van der Waals surface area contributed by atoms with E-state index in [1.807, 2.05) is 25.1 Å². The van der Waals surface area contributed by atoms with Crippen LogP contribution in [-0.2, 0) is 4.79 Å². The van der Waals surface area contributed by atoms with E-state index in [9.17, 15) is 4.79 Å². The third-order valence-corrected chi connectivity index (χ3v) is 4.34. The van der Waals surface area contributed by atoms with Crippen molar-refractivity contribution in [1.29, 1.82) is 0 Å². The Kier molecular flexibility index (Phi) is 3.66. The molecule has 118 valence electrons. The smallest absolute Gasteiger partial charge is 0.311 e. The SMILES string of the molecule is CCCC(=O)Oc1cccc2cc3cc4ccccc4cc3cc12. The Balaban J connectivity index is 1.91. The van der Waals surface area contributed by atoms with Gasteiger partial charge in [-0.2, -0.15) is 0 Å². The van der Waals surface area contributed by atoms with Gasteiger partial charge in [0.15, 0.2) is 0 Å². The van der Waals surface area contributed by atoms with Gasteiger partial charge in [-0.1, -0.05) is 43.3 Å². The molecule has 2 nitrogen and oxygen atoms in total. The molecular formula is C22H18O2. The molecule has 0 bridgehead atoms. The maximum atomic E-state index is 11.9. The molecule has 0 aliphatic rings. The second-order valence-electron chi connectivity index (χ2n) is 6.10. The van der Waals surface area contributed by atoms with Gasteiger partial charge in [-0.25, -0.2) is 0 Å². The quantitative estimate of drug-likeness (QED) is 0.269. The number of carbonyl (C=O) groups excluding carboxylic acids is 1. The third kappa shape index (κ3) is 2.61. The van der Waals surface area contributed by atoms with Gasteiger partial charge in [-0.3, -0.25) is 4.79 Å². The van der Waals surface area contributed by atoms with Crippen LogP contribution in [0.1, 0.15) is 19.8 Å². The average molecular weight is 314 g/mol. The van der Waals surface area contributed by atoms with Crippen LogP contribution in [0, 0.1) is 0 Å². The summed E-state index contributed by atoms with van der Waals surface area (Å²) in [4.78, 5) is 11.9. The Labute approximate surface area is 140 Å². The molecule has 0 atom stereocenters. The molecule has 0 fully saturated rings. The first-order valence-corrected chi connectivity index (χ1v) is 8.30. The molecule has 0 aliphatic heterocycles. The first-order valence-electron chi connectivity index (χ1n) is 8.30. The fourth-order valence-electron chi connectivity index (χ4n) is 3.16. The molecule has 0 heterocycles. The summed E-state index contributed by atoms with van der Waals surface area (Å²) in [5, 5.41) is 6.85. The first-order chi connectivity index (χ1) is 11.7. The van der Waals surface area contributed by atoms with Crippen LogP contribution in [0.3, 0.4) is 0 Å². The normalized spacial score (nSPS) is 11.2. The molecule has 4 aromatic carbocycles. The molecule has 4 aromatic rings. The summed E-state index contributed by atoms with van der Waals surface area (Å²) in [7, 11) is 0. The predicted octanol–water partition coefficient (Wildman–Crippen LogP) is 5.85. The highest BCUT2D eigenvalue weighted by molar-refractivity contribution is 6.06. The van der Waals surface area contributed by atoms with Crippen LogP contribution >= 0.6 is 0 Å². The molecule has 0 saturated carbocycles. The summed E-state index contributed by atoms with van der Waals surface area (Å²) >= 11 is 0. The van der Waals surface area contributed by atoms with E-state index in [-0.39, 0.29) is 5.97 Å². The summed E-state index contributed by atoms with van der Waals surface area (Å²) in [6.07, 6.45) is 1.23. The molecule has 0 amide bonds. The first kappa shape index (κ1) is 14.7. The number of esters is 1. The Morgan fingerprint density at radius 3 is 2.12 bits per heavy atom. The third-order valence-electron chi connectivity index (χ3n) is 4.34. The van der Waals surface area contributed by atoms with Gasteiger partial charge in [-0.15, -0.1) is 0 Å². The number of benzene rings is 4. The zero-order valence-corrected chi connectivity index (χ0v) is 13.6. The largest absolute Gasteiger partial charge is 0.426 e. The minimum atomic E-state index is -0.177. The van der Waals surface area contributed by atoms with E-state index in [2.05, 4.69) is 48.5 Å². The van der Waals surface area contributed by atoms with Crippen LogP contribution in [0.5, 0.6) is 5.75 Å². The van der Waals surface area contributed by atoms with Crippen LogP contribution in [-0.4, -0.2) is 5.97 Å². The maximum absolute atomic E-state index is 11.9. The van der Waals surface area contributed by atoms with E-state index in [1.165, 1.54) is 16.2 Å². The van der Waals surface area contributed by atoms with Crippen molar-refractivity contribution in [3.63, 3.8) is 0 Å². The van der Waals surface area contributed by atoms with Crippen LogP contribution in [0.2, 0.25) is 0 Å². The Hall–Kier alpha value is -2.87. The summed E-state index contributed by atoms with van der Waals surface area (Å²) in [5.41, 5.74) is 0. The minimum absolute atomic E-state index is 0.177. The number of carbonyl (C=O) groups is 1. The van der Waals surface area contributed by atoms with Crippen molar-refractivity contribution in [2.45, 2.75) is 19.8 Å². The fourth-order valence-corrected chi connectivity index (χ4v) is 3.16. The van der Waals surface area contributed by atoms with Crippen molar-refractivity contribution in [1.82, 2.24) is 0 Å². The molecule has 0 spiro atoms. The number of hydrogen-bond acceptors (Lipinski definition) is 2. The standard InChI is InChI=1S/C22H18O2/c1-2-6-22(23)24-21-10-5-9-17-13-18-11-15-7-3-4-8-16(15)12-19(18)14-20(17)21/h3-5,7-14H,2,6H2,1H3. The van der Waals surface area contributed by atoms with Gasteiger partial charge in [0.05, 0.1) is 0 Å². The molecular weight excluding hydrogens is 296 g/mol. The fraction of sp³-hybridized carbons (Fsp3) is 0.136. The van der Waals surface area contributed by atoms with E-state index >= 15 is 0 Å². The maximum Gasteiger partial charge on any atom is 0.311 e. The van der Waals surface area contributed by atoms with E-state index in [4.69, 9.17) is 4.74 Å². The highest BCUT2D eigenvalue weighted by Gasteiger charge is 2.09. The topological polar surface area (TPSA) is 26.3 Å². The lowest BCUT2D eigenvalue weighted by Crippen LogP contribution is -2.07. The molecule has 0 aromatic heterocycles. The van der Waals surface area contributed by atoms with Crippen LogP contribution < -0.4 is 4.74 Å². The summed E-state index contributed by atoms with van der Waals surface area (Å²) in [5.74, 6) is 0.463. The van der Waals surface area contributed by atoms with Gasteiger partial charge in [0.1, 0.15) is 5.75 Å². The van der Waals surface area contributed by atoms with Crippen molar-refractivity contribution in [3.8, 4) is 5.75 Å². The second kappa shape index (κ2) is 5.97. The highest BCUT2D eigenvalue weighted by atomic mass is 16.5. The van der Waals surface area contributed by atoms with E-state index < -0.39 is 0 Å². The van der Waals surface area contributed by atoms with Gasteiger partial charge in [0, 0.05) is 11.8 Å². The second-order valence-corrected chi connectivity index (χ2v) is 6.10. The summed E-state index contributed by atoms with van der Waals surface area (Å²) in [6, 6.07) is 22.9. The molecule has 0 saturated heterocycles. The molecule has 0 N–H and O–H groups in total. The Morgan fingerprint density at radius 1 is 0.792 bits per heavy atom. The van der Waals surface area contributed by atoms with Crippen molar-refractivity contribution < 1.29 is 9.53 Å². The molecule has 0 aliphatic carbocycles. The molecule has 4 rings (SSSR count). The van der Waals surface area contributed by atoms with Crippen molar-refractivity contribution in [3.05, 3.63) is 66.7 Å². The van der Waals surface area contributed by atoms with E-state index in [0.29, 0.717) is 12.2 Å². The van der Waals surface area contributed by atoms with Crippen LogP contribution in [0.4, 0.5) is 0 Å². The number of hydrogen-bond donors (Lipinski definition) is 0. The molecule has 0 radical (unpaired) electrons. The highest BCUT2D eigenvalue weighted by Crippen LogP contribution is 2.32. The minimum Gasteiger partial charge on any atom is -0.426 e. The van der Waals surface area contributed by atoms with Gasteiger partial charge in [0.25, 0.3) is 0 Å². The average Bonchev–Trinajstić information content (AvgIpc) is 2.59. The Bertz CT molecular complexity index is 1060. The monoisotopic (exact) mass is 314 g/mol. The van der Waals surface area contributed by atoms with Crippen molar-refractivity contribution in [2.24, 2.45) is 0 Å². The molecule has 24 heavy (non-hydrogen) atoms. The predicted molar refractivity (Wildman–Crippen MR) is 99.5 cm³/mol. The zero-order valence-electron chi connectivity index (χ0n) is 13.6. The van der Waals surface area contributed by atoms with Crippen molar-refractivity contribution >= 4 is 38.3 Å². The van der Waals surface area contributed by atoms with Gasteiger partial charge in [0.2, 0.25) is 0 Å². The number of ether oxygens (including phenoxy) is 1. The summed E-state index contributed by atoms with van der Waals surface area (Å²) in [6.45, 7) is 1.98. The van der Waals surface area contributed by atoms with Gasteiger partial charge >= 0.3 is 5.97 Å². The number of fused-ring (bicyclic) bond motifs is 3. The molecule has 2 heteroatoms. The Morgan fingerprint density at radius 2 is 1.42 bits per heavy atom. The van der Waals surface area contributed by atoms with Crippen LogP contribution in [0.25, 0.3) is 32.3 Å². The van der Waals surface area contributed by atoms with Gasteiger partial charge < -0.3 is 4.74 Å². The summed E-state index contributed by atoms with van der Waals surface area (Å²) < 4.78 is 5.57. The zero-order chi connectivity index (χ0) is 16.5. The van der Waals surface area contributed by atoms with E-state index in [0.717, 1.165) is 22.6 Å². The lowest BCUT2D eigenvalue weighted by molar-refractivity contribution is -0.134. The van der Waals surface area contributed by atoms with Crippen LogP contribution in [0.15, 0.2) is 66.7 Å².